The van der Waals surface area contributed by atoms with Gasteiger partial charge in [0.15, 0.2) is 0 Å². The smallest absolute Gasteiger partial charge is 0.262 e. The van der Waals surface area contributed by atoms with Crippen LogP contribution in [0, 0.1) is 27.1 Å². The molecule has 0 N–H and O–H groups in total. The Morgan fingerprint density at radius 1 is 0.324 bits per heavy atom. The second kappa shape index (κ2) is 29.7. The standard InChI is InChI=1S/C12H23F2N.C12H24FN.3C12H25N.3CH3F/c1-10(2,3)9-7-12(13,14)8-15(9)11(4,5)6;1-11(2,3)10-7-9(13)8-14(10)12(4,5)6;3*1-11(2,3)10-8-7-9-13(10)12(4,5)6;3*1-2/h9H,7-8H2,1-6H3;9-10H,7-8H2,1-6H3;3*10H,7-9H2,1-6H3;3*1H3. The van der Waals surface area contributed by atoms with Crippen molar-refractivity contribution in [2.75, 3.05) is 54.3 Å². The molecule has 0 bridgehead atoms. The Kier molecular flexibility index (Phi) is 31.2. The van der Waals surface area contributed by atoms with Crippen molar-refractivity contribution in [3.63, 3.8) is 0 Å². The van der Waals surface area contributed by atoms with Crippen LogP contribution >= 0.6 is 0 Å². The van der Waals surface area contributed by atoms with Gasteiger partial charge in [-0.15, -0.1) is 0 Å². The Bertz CT molecular complexity index is 1280. The third kappa shape index (κ3) is 26.6. The summed E-state index contributed by atoms with van der Waals surface area (Å²) in [5.41, 5.74) is 2.31. The average molecular weight is 1070 g/mol. The van der Waals surface area contributed by atoms with Crippen molar-refractivity contribution in [1.29, 1.82) is 0 Å². The Morgan fingerprint density at radius 2 is 0.554 bits per heavy atom. The molecule has 5 rings (SSSR count). The fourth-order valence-corrected chi connectivity index (χ4v) is 12.1. The predicted octanol–water partition coefficient (Wildman–Crippen LogP) is 18.4. The van der Waals surface area contributed by atoms with Crippen molar-refractivity contribution < 1.29 is 26.3 Å². The maximum atomic E-state index is 13.5. The molecule has 5 heterocycles. The molecule has 5 aliphatic heterocycles. The molecule has 74 heavy (non-hydrogen) atoms. The minimum absolute atomic E-state index is 0.00618. The normalized spacial score (nSPS) is 26.0. The minimum atomic E-state index is -2.52. The van der Waals surface area contributed by atoms with Gasteiger partial charge in [0.2, 0.25) is 0 Å². The Balaban J connectivity index is -0.000000830. The number of likely N-dealkylation sites (tertiary alicyclic amines) is 5. The highest BCUT2D eigenvalue weighted by atomic mass is 19.3. The molecular weight excluding hydrogens is 941 g/mol. The van der Waals surface area contributed by atoms with Crippen LogP contribution in [0.4, 0.5) is 26.3 Å². The van der Waals surface area contributed by atoms with Gasteiger partial charge in [-0.05, 0) is 196 Å². The van der Waals surface area contributed by atoms with Gasteiger partial charge in [0.1, 0.15) is 6.17 Å². The topological polar surface area (TPSA) is 16.2 Å². The first-order valence-electron chi connectivity index (χ1n) is 28.7. The third-order valence-corrected chi connectivity index (χ3v) is 15.6. The molecule has 5 aliphatic rings. The third-order valence-electron chi connectivity index (χ3n) is 15.6. The Hall–Kier alpha value is -0.620. The zero-order valence-corrected chi connectivity index (χ0v) is 55.7. The van der Waals surface area contributed by atoms with E-state index in [9.17, 15) is 26.3 Å². The monoisotopic (exact) mass is 1070 g/mol. The van der Waals surface area contributed by atoms with E-state index in [0.29, 0.717) is 73.4 Å². The van der Waals surface area contributed by atoms with Gasteiger partial charge >= 0.3 is 0 Å². The van der Waals surface area contributed by atoms with Crippen molar-refractivity contribution in [2.24, 2.45) is 27.1 Å². The maximum Gasteiger partial charge on any atom is 0.262 e. The van der Waals surface area contributed by atoms with Gasteiger partial charge in [-0.25, -0.2) is 13.2 Å². The first kappa shape index (κ1) is 77.6. The molecule has 6 unspecified atom stereocenters. The SMILES string of the molecule is CC(C)(C)C1CC(F)(F)CN1C(C)(C)C.CC(C)(C)C1CC(F)CN1C(C)(C)C.CC(C)(C)C1CCCN1C(C)(C)C.CC(C)(C)C1CCCN1C(C)(C)C.CC(C)(C)C1CCCN1C(C)(C)C.CF.CF.CF. The molecule has 5 fully saturated rings. The molecule has 11 heteroatoms. The average Bonchev–Trinajstić information content (AvgIpc) is 4.04. The molecule has 0 aliphatic carbocycles. The summed E-state index contributed by atoms with van der Waals surface area (Å²) in [7, 11) is 1.50. The summed E-state index contributed by atoms with van der Waals surface area (Å²) in [6.07, 6.45) is 8.30. The van der Waals surface area contributed by atoms with Gasteiger partial charge in [0.25, 0.3) is 5.92 Å². The predicted molar refractivity (Wildman–Crippen MR) is 316 cm³/mol. The number of alkyl halides is 6. The fraction of sp³-hybridized carbons (Fsp3) is 1.00. The number of nitrogens with zero attached hydrogens (tertiary/aromatic N) is 5. The summed E-state index contributed by atoms with van der Waals surface area (Å²) in [4.78, 5) is 12.3. The molecule has 0 aromatic rings. The van der Waals surface area contributed by atoms with E-state index in [1.165, 1.54) is 58.2 Å². The van der Waals surface area contributed by atoms with Crippen LogP contribution in [0.1, 0.15) is 259 Å². The zero-order valence-electron chi connectivity index (χ0n) is 55.7. The molecule has 0 aromatic heterocycles. The second-order valence-electron chi connectivity index (χ2n) is 32.4. The molecule has 5 nitrogen and oxygen atoms in total. The van der Waals surface area contributed by atoms with Gasteiger partial charge in [-0.1, -0.05) is 104 Å². The lowest BCUT2D eigenvalue weighted by Crippen LogP contribution is -2.49. The van der Waals surface area contributed by atoms with Crippen LogP contribution in [-0.4, -0.2) is 149 Å². The van der Waals surface area contributed by atoms with Crippen molar-refractivity contribution in [1.82, 2.24) is 24.5 Å². The van der Waals surface area contributed by atoms with Crippen LogP contribution in [0.2, 0.25) is 0 Å². The number of rotatable bonds is 0. The summed E-state index contributed by atoms with van der Waals surface area (Å²) in [6, 6.07) is 2.65. The first-order valence-corrected chi connectivity index (χ1v) is 28.7. The van der Waals surface area contributed by atoms with E-state index < -0.39 is 12.1 Å². The van der Waals surface area contributed by atoms with E-state index in [1.54, 1.807) is 0 Å². The van der Waals surface area contributed by atoms with Crippen LogP contribution in [0.5, 0.6) is 0 Å². The second-order valence-corrected chi connectivity index (χ2v) is 32.4. The number of halogens is 6. The van der Waals surface area contributed by atoms with Crippen molar-refractivity contribution in [2.45, 2.75) is 329 Å². The van der Waals surface area contributed by atoms with E-state index >= 15 is 0 Å². The van der Waals surface area contributed by atoms with Crippen LogP contribution in [0.15, 0.2) is 0 Å². The molecule has 0 radical (unpaired) electrons. The molecule has 0 saturated carbocycles. The van der Waals surface area contributed by atoms with Crippen LogP contribution in [0.3, 0.4) is 0 Å². The highest BCUT2D eigenvalue weighted by Crippen LogP contribution is 2.44. The molecule has 5 saturated heterocycles. The van der Waals surface area contributed by atoms with Gasteiger partial charge in [0, 0.05) is 70.9 Å². The zero-order chi connectivity index (χ0) is 60.0. The van der Waals surface area contributed by atoms with Crippen LogP contribution in [-0.2, 0) is 0 Å². The van der Waals surface area contributed by atoms with Crippen LogP contribution < -0.4 is 0 Å². The van der Waals surface area contributed by atoms with Gasteiger partial charge in [-0.2, -0.15) is 0 Å². The Labute approximate surface area is 459 Å². The molecule has 450 valence electrons. The lowest BCUT2D eigenvalue weighted by Gasteiger charge is -2.43. The first-order chi connectivity index (χ1) is 32.7. The van der Waals surface area contributed by atoms with Crippen LogP contribution in [0.25, 0.3) is 0 Å². The quantitative estimate of drug-likeness (QED) is 0.224. The van der Waals surface area contributed by atoms with Gasteiger partial charge in [-0.3, -0.25) is 37.7 Å². The van der Waals surface area contributed by atoms with Crippen molar-refractivity contribution in [3.8, 4) is 0 Å². The summed E-state index contributed by atoms with van der Waals surface area (Å²) in [5, 5.41) is 0. The van der Waals surface area contributed by atoms with E-state index in [0.717, 1.165) is 18.1 Å². The van der Waals surface area contributed by atoms with Gasteiger partial charge < -0.3 is 0 Å². The Morgan fingerprint density at radius 3 is 0.716 bits per heavy atom. The lowest BCUT2D eigenvalue weighted by atomic mass is 9.83. The van der Waals surface area contributed by atoms with Crippen molar-refractivity contribution >= 4 is 0 Å². The molecule has 0 aromatic carbocycles. The highest BCUT2D eigenvalue weighted by molar-refractivity contribution is 5.01. The van der Waals surface area contributed by atoms with Crippen molar-refractivity contribution in [3.05, 3.63) is 0 Å². The van der Waals surface area contributed by atoms with E-state index in [2.05, 4.69) is 186 Å². The maximum absolute atomic E-state index is 13.5. The van der Waals surface area contributed by atoms with E-state index in [4.69, 9.17) is 0 Å². The molecule has 0 amide bonds. The number of hydrogen-bond donors (Lipinski definition) is 0. The fourth-order valence-electron chi connectivity index (χ4n) is 12.1. The summed E-state index contributed by atoms with van der Waals surface area (Å²) in [6.45, 7) is 71.9. The van der Waals surface area contributed by atoms with E-state index in [-0.39, 0.29) is 40.9 Å². The highest BCUT2D eigenvalue weighted by Gasteiger charge is 2.52. The summed E-state index contributed by atoms with van der Waals surface area (Å²) < 4.78 is 68.9. The minimum Gasteiger partial charge on any atom is -0.295 e. The van der Waals surface area contributed by atoms with Gasteiger partial charge in [0.05, 0.1) is 28.1 Å². The summed E-state index contributed by atoms with van der Waals surface area (Å²) in [5.74, 6) is -2.52. The molecule has 6 atom stereocenters. The number of hydrogen-bond acceptors (Lipinski definition) is 5. The largest absolute Gasteiger partial charge is 0.295 e. The molecular formula is C63H131F6N5. The van der Waals surface area contributed by atoms with E-state index in [1.807, 2.05) is 46.4 Å². The summed E-state index contributed by atoms with van der Waals surface area (Å²) >= 11 is 0. The molecule has 0 spiro atoms. The lowest BCUT2D eigenvalue weighted by molar-refractivity contribution is 0.000558.